The van der Waals surface area contributed by atoms with Gasteiger partial charge in [0.05, 0.1) is 0 Å². The Morgan fingerprint density at radius 3 is 0.829 bits per heavy atom. The highest BCUT2D eigenvalue weighted by atomic mass is 32.1. The molecular weight excluding hydrogens is 513 g/mol. The number of benzene rings is 8. The lowest BCUT2D eigenvalue weighted by Gasteiger charge is -2.11. The van der Waals surface area contributed by atoms with E-state index in [0.29, 0.717) is 0 Å². The van der Waals surface area contributed by atoms with Crippen LogP contribution in [0.15, 0.2) is 146 Å². The van der Waals surface area contributed by atoms with Crippen molar-refractivity contribution in [3.63, 3.8) is 0 Å². The van der Waals surface area contributed by atoms with E-state index < -0.39 is 0 Å². The Morgan fingerprint density at radius 1 is 0.244 bits per heavy atom. The summed E-state index contributed by atoms with van der Waals surface area (Å²) >= 11 is 1.87. The van der Waals surface area contributed by atoms with Crippen molar-refractivity contribution >= 4 is 76.0 Å². The third-order valence-electron chi connectivity index (χ3n) is 8.66. The highest BCUT2D eigenvalue weighted by Gasteiger charge is 2.13. The second-order valence-electron chi connectivity index (χ2n) is 10.9. The third kappa shape index (κ3) is 3.40. The van der Waals surface area contributed by atoms with Crippen LogP contribution in [0.4, 0.5) is 0 Å². The van der Waals surface area contributed by atoms with E-state index in [1.54, 1.807) is 0 Å². The highest BCUT2D eigenvalue weighted by molar-refractivity contribution is 7.18. The zero-order valence-electron chi connectivity index (χ0n) is 22.3. The Hall–Kier alpha value is -4.98. The fraction of sp³-hybridized carbons (Fsp3) is 0. The third-order valence-corrected chi connectivity index (χ3v) is 9.85. The molecule has 0 aliphatic heterocycles. The molecule has 190 valence electrons. The lowest BCUT2D eigenvalue weighted by molar-refractivity contribution is 1.75. The lowest BCUT2D eigenvalue weighted by Crippen LogP contribution is -1.84. The molecule has 8 aromatic carbocycles. The van der Waals surface area contributed by atoms with Gasteiger partial charge in [0.25, 0.3) is 0 Å². The Kier molecular flexibility index (Phi) is 4.87. The molecule has 1 heteroatoms. The van der Waals surface area contributed by atoms with E-state index in [2.05, 4.69) is 146 Å². The van der Waals surface area contributed by atoms with Crippen LogP contribution in [0.2, 0.25) is 0 Å². The molecule has 0 saturated carbocycles. The zero-order chi connectivity index (χ0) is 26.9. The van der Waals surface area contributed by atoms with Crippen LogP contribution in [-0.2, 0) is 0 Å². The average molecular weight is 537 g/mol. The molecule has 9 aromatic rings. The predicted molar refractivity (Wildman–Crippen MR) is 180 cm³/mol. The molecule has 0 nitrogen and oxygen atoms in total. The van der Waals surface area contributed by atoms with Crippen molar-refractivity contribution in [3.05, 3.63) is 146 Å². The topological polar surface area (TPSA) is 0 Å². The molecule has 1 aromatic heterocycles. The van der Waals surface area contributed by atoms with E-state index >= 15 is 0 Å². The van der Waals surface area contributed by atoms with E-state index in [1.165, 1.54) is 85.5 Å². The van der Waals surface area contributed by atoms with Crippen LogP contribution >= 0.6 is 11.3 Å². The molecule has 41 heavy (non-hydrogen) atoms. The Labute approximate surface area is 241 Å². The molecule has 0 aliphatic rings. The summed E-state index contributed by atoms with van der Waals surface area (Å²) in [5.41, 5.74) is 2.54. The van der Waals surface area contributed by atoms with Crippen molar-refractivity contribution in [2.24, 2.45) is 0 Å². The monoisotopic (exact) mass is 536 g/mol. The van der Waals surface area contributed by atoms with Crippen LogP contribution in [0.1, 0.15) is 0 Å². The summed E-state index contributed by atoms with van der Waals surface area (Å²) in [7, 11) is 0. The highest BCUT2D eigenvalue weighted by Crippen LogP contribution is 2.42. The standard InChI is InChI=1S/C40H24S/c1-3-13-31-27(9-1)29-11-5-7-15-33(29)37-23-25(17-19-35(31)37)39-21-22-40(41-39)26-18-20-36-32-14-4-2-10-28(32)30-12-6-8-16-34(30)38(36)24-26/h1-24H. The van der Waals surface area contributed by atoms with Crippen molar-refractivity contribution in [2.45, 2.75) is 0 Å². The summed E-state index contributed by atoms with van der Waals surface area (Å²) in [6.07, 6.45) is 0. The van der Waals surface area contributed by atoms with Crippen molar-refractivity contribution in [3.8, 4) is 20.9 Å². The van der Waals surface area contributed by atoms with Gasteiger partial charge in [0, 0.05) is 9.75 Å². The van der Waals surface area contributed by atoms with Gasteiger partial charge in [-0.05, 0) is 100 Å². The summed E-state index contributed by atoms with van der Waals surface area (Å²) < 4.78 is 0. The molecule has 0 bridgehead atoms. The van der Waals surface area contributed by atoms with Gasteiger partial charge in [0.1, 0.15) is 0 Å². The number of rotatable bonds is 2. The van der Waals surface area contributed by atoms with Gasteiger partial charge < -0.3 is 0 Å². The smallest absolute Gasteiger partial charge is 0.0349 e. The lowest BCUT2D eigenvalue weighted by atomic mass is 9.93. The molecular formula is C40H24S. The van der Waals surface area contributed by atoms with Crippen molar-refractivity contribution in [1.29, 1.82) is 0 Å². The summed E-state index contributed by atoms with van der Waals surface area (Å²) in [5.74, 6) is 0. The summed E-state index contributed by atoms with van der Waals surface area (Å²) in [4.78, 5) is 2.59. The van der Waals surface area contributed by atoms with E-state index in [9.17, 15) is 0 Å². The number of hydrogen-bond donors (Lipinski definition) is 0. The number of fused-ring (bicyclic) bond motifs is 12. The first-order valence-corrected chi connectivity index (χ1v) is 14.9. The van der Waals surface area contributed by atoms with E-state index in [0.717, 1.165) is 0 Å². The summed E-state index contributed by atoms with van der Waals surface area (Å²) in [5, 5.41) is 15.8. The van der Waals surface area contributed by atoms with Crippen molar-refractivity contribution < 1.29 is 0 Å². The van der Waals surface area contributed by atoms with Crippen LogP contribution in [0.5, 0.6) is 0 Å². The SMILES string of the molecule is c1ccc2c(c1)c1ccccc1c1cc(-c3ccc(-c4ccc5c6ccccc6c6ccccc6c5c4)s3)ccc21. The molecule has 0 spiro atoms. The molecule has 0 unspecified atom stereocenters. The second-order valence-corrected chi connectivity index (χ2v) is 12.0. The Balaban J connectivity index is 1.21. The van der Waals surface area contributed by atoms with Gasteiger partial charge in [-0.3, -0.25) is 0 Å². The number of hydrogen-bond acceptors (Lipinski definition) is 1. The summed E-state index contributed by atoms with van der Waals surface area (Å²) in [6, 6.07) is 53.7. The van der Waals surface area contributed by atoms with Crippen LogP contribution < -0.4 is 0 Å². The molecule has 0 amide bonds. The zero-order valence-corrected chi connectivity index (χ0v) is 23.1. The quantitative estimate of drug-likeness (QED) is 0.193. The van der Waals surface area contributed by atoms with Gasteiger partial charge in [0.15, 0.2) is 0 Å². The van der Waals surface area contributed by atoms with Gasteiger partial charge in [-0.2, -0.15) is 0 Å². The molecule has 0 fully saturated rings. The van der Waals surface area contributed by atoms with Crippen LogP contribution in [-0.4, -0.2) is 0 Å². The second kappa shape index (κ2) is 8.76. The predicted octanol–water partition coefficient (Wildman–Crippen LogP) is 12.0. The maximum absolute atomic E-state index is 2.39. The fourth-order valence-electron chi connectivity index (χ4n) is 6.77. The average Bonchev–Trinajstić information content (AvgIpc) is 3.55. The number of thiophene rings is 1. The van der Waals surface area contributed by atoms with Crippen LogP contribution in [0, 0.1) is 0 Å². The van der Waals surface area contributed by atoms with Crippen molar-refractivity contribution in [1.82, 2.24) is 0 Å². The first-order chi connectivity index (χ1) is 20.3. The van der Waals surface area contributed by atoms with Gasteiger partial charge in [-0.15, -0.1) is 11.3 Å². The first-order valence-electron chi connectivity index (χ1n) is 14.1. The summed E-state index contributed by atoms with van der Waals surface area (Å²) in [6.45, 7) is 0. The van der Waals surface area contributed by atoms with Gasteiger partial charge in [0.2, 0.25) is 0 Å². The maximum atomic E-state index is 2.39. The Bertz CT molecular complexity index is 2230. The van der Waals surface area contributed by atoms with E-state index in [4.69, 9.17) is 0 Å². The molecule has 0 radical (unpaired) electrons. The molecule has 0 atom stereocenters. The van der Waals surface area contributed by atoms with Crippen molar-refractivity contribution in [2.75, 3.05) is 0 Å². The fourth-order valence-corrected chi connectivity index (χ4v) is 7.77. The first kappa shape index (κ1) is 22.8. The van der Waals surface area contributed by atoms with E-state index in [1.807, 2.05) is 11.3 Å². The largest absolute Gasteiger partial charge is 0.135 e. The minimum Gasteiger partial charge on any atom is -0.135 e. The van der Waals surface area contributed by atoms with E-state index in [-0.39, 0.29) is 0 Å². The molecule has 9 rings (SSSR count). The van der Waals surface area contributed by atoms with Gasteiger partial charge >= 0.3 is 0 Å². The molecule has 0 N–H and O–H groups in total. The normalized spacial score (nSPS) is 11.9. The van der Waals surface area contributed by atoms with Crippen LogP contribution in [0.25, 0.3) is 85.5 Å². The molecule has 1 heterocycles. The Morgan fingerprint density at radius 2 is 0.512 bits per heavy atom. The maximum Gasteiger partial charge on any atom is 0.0349 e. The van der Waals surface area contributed by atoms with Crippen LogP contribution in [0.3, 0.4) is 0 Å². The minimum absolute atomic E-state index is 1.27. The van der Waals surface area contributed by atoms with Gasteiger partial charge in [-0.25, -0.2) is 0 Å². The minimum atomic E-state index is 1.27. The van der Waals surface area contributed by atoms with Gasteiger partial charge in [-0.1, -0.05) is 121 Å². The molecule has 0 saturated heterocycles. The molecule has 0 aliphatic carbocycles.